The number of carbonyl (C=O) groups excluding carboxylic acids is 1. The predicted octanol–water partition coefficient (Wildman–Crippen LogP) is 2.84. The molecule has 3 rings (SSSR count). The Morgan fingerprint density at radius 3 is 2.62 bits per heavy atom. The van der Waals surface area contributed by atoms with Crippen molar-refractivity contribution in [2.24, 2.45) is 0 Å². The first-order valence-corrected chi connectivity index (χ1v) is 11.2. The van der Waals surface area contributed by atoms with Crippen LogP contribution in [0.2, 0.25) is 0 Å². The van der Waals surface area contributed by atoms with Gasteiger partial charge in [-0.15, -0.1) is 11.3 Å². The molecule has 1 amide bonds. The quantitative estimate of drug-likeness (QED) is 0.543. The molecule has 3 aromatic rings. The Balaban J connectivity index is 1.58. The van der Waals surface area contributed by atoms with Gasteiger partial charge < -0.3 is 10.1 Å². The lowest BCUT2D eigenvalue weighted by atomic mass is 10.2. The molecule has 0 spiro atoms. The first-order chi connectivity index (χ1) is 13.9. The van der Waals surface area contributed by atoms with Crippen LogP contribution in [0.3, 0.4) is 0 Å². The van der Waals surface area contributed by atoms with Crippen LogP contribution in [0.5, 0.6) is 5.88 Å². The topological polar surface area (TPSA) is 97.4 Å². The third-order valence-corrected chi connectivity index (χ3v) is 6.89. The van der Waals surface area contributed by atoms with E-state index in [1.54, 1.807) is 24.4 Å². The van der Waals surface area contributed by atoms with Gasteiger partial charge in [0.25, 0.3) is 0 Å². The average molecular weight is 432 g/mol. The smallest absolute Gasteiger partial charge is 0.250 e. The molecule has 0 aliphatic heterocycles. The zero-order chi connectivity index (χ0) is 20.7. The van der Waals surface area contributed by atoms with Gasteiger partial charge in [-0.2, -0.15) is 0 Å². The van der Waals surface area contributed by atoms with Gasteiger partial charge in [0.1, 0.15) is 10.8 Å². The van der Waals surface area contributed by atoms with Crippen LogP contribution < -0.4 is 14.8 Å². The fraction of sp³-hybridized carbons (Fsp3) is 0.200. The van der Waals surface area contributed by atoms with E-state index in [2.05, 4.69) is 15.0 Å². The molecule has 9 heteroatoms. The zero-order valence-electron chi connectivity index (χ0n) is 15.8. The largest absolute Gasteiger partial charge is 0.473 e. The summed E-state index contributed by atoms with van der Waals surface area (Å²) in [4.78, 5) is 15.9. The number of sulfonamides is 1. The van der Waals surface area contributed by atoms with E-state index < -0.39 is 10.0 Å². The van der Waals surface area contributed by atoms with Crippen molar-refractivity contribution < 1.29 is 17.9 Å². The van der Waals surface area contributed by atoms with Crippen molar-refractivity contribution >= 4 is 27.3 Å². The number of hydrogen-bond acceptors (Lipinski definition) is 6. The van der Waals surface area contributed by atoms with E-state index in [4.69, 9.17) is 4.74 Å². The minimum atomic E-state index is -3.65. The van der Waals surface area contributed by atoms with E-state index in [0.29, 0.717) is 19.0 Å². The number of nitrogens with zero attached hydrogens (tertiary/aromatic N) is 1. The maximum Gasteiger partial charge on any atom is 0.250 e. The van der Waals surface area contributed by atoms with Crippen LogP contribution in [0.25, 0.3) is 0 Å². The van der Waals surface area contributed by atoms with Crippen LogP contribution in [0, 0.1) is 0 Å². The average Bonchev–Trinajstić information content (AvgIpc) is 3.21. The van der Waals surface area contributed by atoms with Crippen molar-refractivity contribution in [3.05, 3.63) is 76.8 Å². The Labute approximate surface area is 173 Å². The molecule has 0 aliphatic rings. The second-order valence-electron chi connectivity index (χ2n) is 6.23. The first kappa shape index (κ1) is 21.0. The number of hydrogen-bond donors (Lipinski definition) is 2. The Hall–Kier alpha value is -2.75. The highest BCUT2D eigenvalue weighted by Gasteiger charge is 2.17. The van der Waals surface area contributed by atoms with Gasteiger partial charge in [0.15, 0.2) is 0 Å². The highest BCUT2D eigenvalue weighted by molar-refractivity contribution is 7.91. The van der Waals surface area contributed by atoms with Crippen molar-refractivity contribution in [2.45, 2.75) is 30.8 Å². The van der Waals surface area contributed by atoms with E-state index in [9.17, 15) is 13.2 Å². The van der Waals surface area contributed by atoms with Gasteiger partial charge in [0.05, 0.1) is 6.54 Å². The molecule has 29 heavy (non-hydrogen) atoms. The number of benzene rings is 1. The van der Waals surface area contributed by atoms with Crippen molar-refractivity contribution in [2.75, 3.05) is 0 Å². The van der Waals surface area contributed by atoms with Gasteiger partial charge in [0.2, 0.25) is 21.8 Å². The Kier molecular flexibility index (Phi) is 6.97. The third kappa shape index (κ3) is 6.38. The van der Waals surface area contributed by atoms with Crippen LogP contribution in [0.1, 0.15) is 22.9 Å². The lowest BCUT2D eigenvalue weighted by Crippen LogP contribution is -2.22. The highest BCUT2D eigenvalue weighted by atomic mass is 32.2. The van der Waals surface area contributed by atoms with Crippen molar-refractivity contribution in [3.63, 3.8) is 0 Å². The number of ether oxygens (including phenoxy) is 1. The second-order valence-corrected chi connectivity index (χ2v) is 9.39. The molecule has 2 aromatic heterocycles. The van der Waals surface area contributed by atoms with Crippen LogP contribution in [-0.2, 0) is 34.5 Å². The molecule has 0 atom stereocenters. The van der Waals surface area contributed by atoms with Gasteiger partial charge in [-0.3, -0.25) is 4.79 Å². The van der Waals surface area contributed by atoms with E-state index in [1.165, 1.54) is 13.0 Å². The summed E-state index contributed by atoms with van der Waals surface area (Å²) >= 11 is 1.12. The number of carbonyl (C=O) groups is 1. The predicted molar refractivity (Wildman–Crippen MR) is 111 cm³/mol. The monoisotopic (exact) mass is 431 g/mol. The van der Waals surface area contributed by atoms with Crippen LogP contribution in [-0.4, -0.2) is 19.3 Å². The van der Waals surface area contributed by atoms with Crippen LogP contribution in [0.15, 0.2) is 65.0 Å². The van der Waals surface area contributed by atoms with E-state index in [1.807, 2.05) is 30.3 Å². The van der Waals surface area contributed by atoms with Crippen molar-refractivity contribution in [1.82, 2.24) is 15.0 Å². The summed E-state index contributed by atoms with van der Waals surface area (Å²) in [6.07, 6.45) is 1.58. The summed E-state index contributed by atoms with van der Waals surface area (Å²) in [7, 11) is -3.65. The second kappa shape index (κ2) is 9.64. The molecule has 7 nitrogen and oxygen atoms in total. The molecule has 152 valence electrons. The molecule has 1 aromatic carbocycles. The van der Waals surface area contributed by atoms with Crippen LogP contribution in [0.4, 0.5) is 0 Å². The summed E-state index contributed by atoms with van der Waals surface area (Å²) in [6, 6.07) is 16.4. The SMILES string of the molecule is CC(=O)NCc1ccc(S(=O)(=O)NCc2ccnc(OCc3ccccc3)c2)s1. The van der Waals surface area contributed by atoms with Gasteiger partial charge in [0, 0.05) is 30.6 Å². The molecule has 2 N–H and O–H groups in total. The number of amides is 1. The minimum Gasteiger partial charge on any atom is -0.473 e. The standard InChI is InChI=1S/C20H21N3O4S2/c1-15(24)22-13-18-7-8-20(28-18)29(25,26)23-12-17-9-10-21-19(11-17)27-14-16-5-3-2-4-6-16/h2-11,23H,12-14H2,1H3,(H,22,24). The fourth-order valence-electron chi connectivity index (χ4n) is 2.43. The molecule has 0 unspecified atom stereocenters. The summed E-state index contributed by atoms with van der Waals surface area (Å²) in [5.41, 5.74) is 1.76. The van der Waals surface area contributed by atoms with E-state index in [0.717, 1.165) is 27.3 Å². The zero-order valence-corrected chi connectivity index (χ0v) is 17.4. The fourth-order valence-corrected chi connectivity index (χ4v) is 4.79. The number of rotatable bonds is 9. The lowest BCUT2D eigenvalue weighted by molar-refractivity contribution is -0.119. The van der Waals surface area contributed by atoms with E-state index >= 15 is 0 Å². The summed E-state index contributed by atoms with van der Waals surface area (Å²) in [6.45, 7) is 2.22. The summed E-state index contributed by atoms with van der Waals surface area (Å²) in [5, 5.41) is 2.65. The number of thiophene rings is 1. The van der Waals surface area contributed by atoms with Crippen molar-refractivity contribution in [1.29, 1.82) is 0 Å². The maximum atomic E-state index is 12.5. The number of nitrogens with one attached hydrogen (secondary N) is 2. The first-order valence-electron chi connectivity index (χ1n) is 8.87. The molecular formula is C20H21N3O4S2. The van der Waals surface area contributed by atoms with Gasteiger partial charge in [-0.1, -0.05) is 30.3 Å². The molecule has 0 bridgehead atoms. The van der Waals surface area contributed by atoms with Crippen molar-refractivity contribution in [3.8, 4) is 5.88 Å². The molecule has 0 saturated carbocycles. The lowest BCUT2D eigenvalue weighted by Gasteiger charge is -2.08. The van der Waals surface area contributed by atoms with E-state index in [-0.39, 0.29) is 16.7 Å². The minimum absolute atomic E-state index is 0.117. The number of pyridine rings is 1. The number of aromatic nitrogens is 1. The summed E-state index contributed by atoms with van der Waals surface area (Å²) < 4.78 is 33.5. The van der Waals surface area contributed by atoms with Gasteiger partial charge >= 0.3 is 0 Å². The summed E-state index contributed by atoms with van der Waals surface area (Å²) in [5.74, 6) is 0.267. The third-order valence-electron chi connectivity index (χ3n) is 3.91. The molecule has 0 aliphatic carbocycles. The van der Waals surface area contributed by atoms with Gasteiger partial charge in [-0.05, 0) is 29.3 Å². The Morgan fingerprint density at radius 2 is 1.86 bits per heavy atom. The Bertz CT molecular complexity index is 1070. The van der Waals surface area contributed by atoms with Crippen LogP contribution >= 0.6 is 11.3 Å². The molecular weight excluding hydrogens is 410 g/mol. The maximum absolute atomic E-state index is 12.5. The highest BCUT2D eigenvalue weighted by Crippen LogP contribution is 2.22. The molecule has 2 heterocycles. The van der Waals surface area contributed by atoms with Gasteiger partial charge in [-0.25, -0.2) is 18.1 Å². The normalized spacial score (nSPS) is 11.2. The molecule has 0 fully saturated rings. The molecule has 0 saturated heterocycles. The Morgan fingerprint density at radius 1 is 1.07 bits per heavy atom. The molecule has 0 radical (unpaired) electrons.